The number of rotatable bonds is 6. The monoisotopic (exact) mass is 289 g/mol. The maximum Gasteiger partial charge on any atom is 0.330 e. The molecule has 0 bridgehead atoms. The van der Waals surface area contributed by atoms with Crippen molar-refractivity contribution in [2.45, 2.75) is 18.9 Å². The molecule has 110 valence electrons. The topological polar surface area (TPSA) is 99.4 Å². The van der Waals surface area contributed by atoms with Crippen molar-refractivity contribution in [3.63, 3.8) is 0 Å². The molecule has 2 amide bonds. The molecule has 7 nitrogen and oxygen atoms in total. The lowest BCUT2D eigenvalue weighted by molar-refractivity contribution is -0.138. The molecule has 1 aliphatic heterocycles. The van der Waals surface area contributed by atoms with Crippen LogP contribution in [0.15, 0.2) is 34.5 Å². The molecule has 0 aliphatic carbocycles. The largest absolute Gasteiger partial charge is 0.480 e. The maximum absolute atomic E-state index is 12.1. The Morgan fingerprint density at radius 2 is 1.81 bits per heavy atom. The van der Waals surface area contributed by atoms with Crippen LogP contribution in [0.1, 0.15) is 33.6 Å². The second-order valence-electron chi connectivity index (χ2n) is 4.62. The Balaban J connectivity index is 1.98. The van der Waals surface area contributed by atoms with Crippen molar-refractivity contribution < 1.29 is 19.5 Å². The smallest absolute Gasteiger partial charge is 0.330 e. The molecule has 0 radical (unpaired) electrons. The Labute approximate surface area is 121 Å². The molecule has 0 saturated carbocycles. The van der Waals surface area contributed by atoms with E-state index in [4.69, 9.17) is 5.11 Å². The fourth-order valence-corrected chi connectivity index (χ4v) is 2.25. The van der Waals surface area contributed by atoms with Crippen LogP contribution < -0.4 is 0 Å². The number of carboxylic acids is 1. The van der Waals surface area contributed by atoms with Crippen LogP contribution in [0.25, 0.3) is 0 Å². The molecule has 1 heterocycles. The number of azo groups is 1. The Bertz CT molecular complexity index is 577. The van der Waals surface area contributed by atoms with Gasteiger partial charge in [-0.15, -0.1) is 0 Å². The molecule has 21 heavy (non-hydrogen) atoms. The highest BCUT2D eigenvalue weighted by atomic mass is 16.4. The number of amides is 2. The van der Waals surface area contributed by atoms with Crippen LogP contribution in [-0.2, 0) is 4.79 Å². The fourth-order valence-electron chi connectivity index (χ4n) is 2.25. The van der Waals surface area contributed by atoms with E-state index in [-0.39, 0.29) is 24.8 Å². The first-order chi connectivity index (χ1) is 10.1. The van der Waals surface area contributed by atoms with Gasteiger partial charge in [0.2, 0.25) is 0 Å². The van der Waals surface area contributed by atoms with E-state index in [1.807, 2.05) is 0 Å². The van der Waals surface area contributed by atoms with Crippen molar-refractivity contribution in [3.8, 4) is 0 Å². The Morgan fingerprint density at radius 1 is 1.24 bits per heavy atom. The van der Waals surface area contributed by atoms with Gasteiger partial charge in [-0.25, -0.2) is 4.79 Å². The molecule has 0 fully saturated rings. The SMILES string of the molecule is CN=NC(CCCN1C(=O)c2ccccc2C1=O)C(=O)O. The molecule has 7 heteroatoms. The quantitative estimate of drug-likeness (QED) is 0.635. The van der Waals surface area contributed by atoms with Crippen LogP contribution in [0.3, 0.4) is 0 Å². The highest BCUT2D eigenvalue weighted by Crippen LogP contribution is 2.22. The third kappa shape index (κ3) is 2.96. The van der Waals surface area contributed by atoms with Gasteiger partial charge in [0, 0.05) is 13.6 Å². The lowest BCUT2D eigenvalue weighted by atomic mass is 10.1. The number of carbonyl (C=O) groups excluding carboxylic acids is 2. The zero-order chi connectivity index (χ0) is 15.4. The molecule has 1 N–H and O–H groups in total. The van der Waals surface area contributed by atoms with Crippen molar-refractivity contribution in [2.24, 2.45) is 10.2 Å². The number of carbonyl (C=O) groups is 3. The lowest BCUT2D eigenvalue weighted by Crippen LogP contribution is -2.31. The van der Waals surface area contributed by atoms with Gasteiger partial charge >= 0.3 is 5.97 Å². The highest BCUT2D eigenvalue weighted by Gasteiger charge is 2.34. The number of carboxylic acid groups (broad SMARTS) is 1. The third-order valence-corrected chi connectivity index (χ3v) is 3.28. The molecule has 0 saturated heterocycles. The molecular formula is C14H15N3O4. The van der Waals surface area contributed by atoms with Gasteiger partial charge in [0.25, 0.3) is 11.8 Å². The van der Waals surface area contributed by atoms with E-state index in [1.54, 1.807) is 24.3 Å². The normalized spacial score (nSPS) is 15.6. The van der Waals surface area contributed by atoms with E-state index in [9.17, 15) is 14.4 Å². The van der Waals surface area contributed by atoms with Gasteiger partial charge in [-0.05, 0) is 25.0 Å². The lowest BCUT2D eigenvalue weighted by Gasteiger charge is -2.14. The molecule has 0 spiro atoms. The summed E-state index contributed by atoms with van der Waals surface area (Å²) in [7, 11) is 1.40. The summed E-state index contributed by atoms with van der Waals surface area (Å²) in [5.74, 6) is -1.73. The number of imide groups is 1. The number of nitrogens with zero attached hydrogens (tertiary/aromatic N) is 3. The van der Waals surface area contributed by atoms with Crippen molar-refractivity contribution >= 4 is 17.8 Å². The molecule has 1 unspecified atom stereocenters. The molecule has 2 rings (SSSR count). The summed E-state index contributed by atoms with van der Waals surface area (Å²) in [6.07, 6.45) is 0.585. The number of hydrogen-bond donors (Lipinski definition) is 1. The molecule has 1 aromatic rings. The van der Waals surface area contributed by atoms with Gasteiger partial charge in [0.05, 0.1) is 11.1 Å². The third-order valence-electron chi connectivity index (χ3n) is 3.28. The summed E-state index contributed by atoms with van der Waals surface area (Å²) in [4.78, 5) is 36.2. The minimum Gasteiger partial charge on any atom is -0.480 e. The second kappa shape index (κ2) is 6.25. The van der Waals surface area contributed by atoms with E-state index in [0.717, 1.165) is 4.90 Å². The predicted octanol–water partition coefficient (Wildman–Crippen LogP) is 1.60. The van der Waals surface area contributed by atoms with Crippen molar-refractivity contribution in [3.05, 3.63) is 35.4 Å². The van der Waals surface area contributed by atoms with E-state index in [1.165, 1.54) is 7.05 Å². The minimum absolute atomic E-state index is 0.176. The van der Waals surface area contributed by atoms with Gasteiger partial charge < -0.3 is 5.11 Å². The molecule has 0 aromatic heterocycles. The standard InChI is InChI=1S/C14H15N3O4/c1-15-16-11(14(20)21)7-4-8-17-12(18)9-5-2-3-6-10(9)13(17)19/h2-3,5-6,11H,4,7-8H2,1H3,(H,20,21). The molecule has 1 atom stereocenters. The number of hydrogen-bond acceptors (Lipinski definition) is 5. The molecule has 1 aromatic carbocycles. The van der Waals surface area contributed by atoms with Gasteiger partial charge in [0.1, 0.15) is 0 Å². The second-order valence-corrected chi connectivity index (χ2v) is 4.62. The van der Waals surface area contributed by atoms with E-state index in [2.05, 4.69) is 10.2 Å². The zero-order valence-corrected chi connectivity index (χ0v) is 11.5. The first-order valence-electron chi connectivity index (χ1n) is 6.53. The Kier molecular flexibility index (Phi) is 4.42. The number of fused-ring (bicyclic) bond motifs is 1. The van der Waals surface area contributed by atoms with Crippen molar-refractivity contribution in [2.75, 3.05) is 13.6 Å². The van der Waals surface area contributed by atoms with Crippen LogP contribution in [0.4, 0.5) is 0 Å². The molecule has 1 aliphatic rings. The zero-order valence-electron chi connectivity index (χ0n) is 11.5. The van der Waals surface area contributed by atoms with Crippen molar-refractivity contribution in [1.29, 1.82) is 0 Å². The van der Waals surface area contributed by atoms with Crippen LogP contribution in [0.5, 0.6) is 0 Å². The number of benzene rings is 1. The van der Waals surface area contributed by atoms with E-state index < -0.39 is 12.0 Å². The first-order valence-corrected chi connectivity index (χ1v) is 6.53. The van der Waals surface area contributed by atoms with Crippen LogP contribution in [-0.4, -0.2) is 47.4 Å². The maximum atomic E-state index is 12.1. The summed E-state index contributed by atoms with van der Waals surface area (Å²) in [5, 5.41) is 16.0. The highest BCUT2D eigenvalue weighted by molar-refractivity contribution is 6.21. The summed E-state index contributed by atoms with van der Waals surface area (Å²) in [6.45, 7) is 0.176. The van der Waals surface area contributed by atoms with Gasteiger partial charge in [-0.3, -0.25) is 14.5 Å². The van der Waals surface area contributed by atoms with E-state index in [0.29, 0.717) is 17.5 Å². The average Bonchev–Trinajstić information content (AvgIpc) is 2.71. The van der Waals surface area contributed by atoms with Crippen molar-refractivity contribution in [1.82, 2.24) is 4.90 Å². The van der Waals surface area contributed by atoms with Crippen LogP contribution in [0.2, 0.25) is 0 Å². The average molecular weight is 289 g/mol. The summed E-state index contributed by atoms with van der Waals surface area (Å²) >= 11 is 0. The van der Waals surface area contributed by atoms with Gasteiger partial charge in [0.15, 0.2) is 6.04 Å². The van der Waals surface area contributed by atoms with Crippen LogP contribution in [0, 0.1) is 0 Å². The first kappa shape index (κ1) is 14.8. The minimum atomic E-state index is -1.07. The molecular weight excluding hydrogens is 274 g/mol. The van der Waals surface area contributed by atoms with Gasteiger partial charge in [-0.2, -0.15) is 10.2 Å². The summed E-state index contributed by atoms with van der Waals surface area (Å²) in [5.41, 5.74) is 0.788. The van der Waals surface area contributed by atoms with Gasteiger partial charge in [-0.1, -0.05) is 12.1 Å². The van der Waals surface area contributed by atoms with E-state index >= 15 is 0 Å². The van der Waals surface area contributed by atoms with Crippen LogP contribution >= 0.6 is 0 Å². The number of aliphatic carboxylic acids is 1. The Morgan fingerprint density at radius 3 is 2.29 bits per heavy atom. The summed E-state index contributed by atoms with van der Waals surface area (Å²) in [6, 6.07) is 5.69. The predicted molar refractivity (Wildman–Crippen MR) is 73.2 cm³/mol. The Hall–Kier alpha value is -2.57. The fraction of sp³-hybridized carbons (Fsp3) is 0.357. The summed E-state index contributed by atoms with van der Waals surface area (Å²) < 4.78 is 0.